The molecule has 3 aromatic carbocycles. The number of aryl methyl sites for hydroxylation is 1. The molecule has 0 spiro atoms. The topological polar surface area (TPSA) is 100 Å². The zero-order valence-corrected chi connectivity index (χ0v) is 22.4. The Morgan fingerprint density at radius 2 is 1.57 bits per heavy atom. The van der Waals surface area contributed by atoms with Gasteiger partial charge in [0.1, 0.15) is 36.2 Å². The molecule has 0 saturated heterocycles. The summed E-state index contributed by atoms with van der Waals surface area (Å²) in [5, 5.41) is 0. The summed E-state index contributed by atoms with van der Waals surface area (Å²) in [6, 6.07) is 23.3. The van der Waals surface area contributed by atoms with Gasteiger partial charge in [0.15, 0.2) is 5.69 Å². The number of hydrogen-bond acceptors (Lipinski definition) is 8. The van der Waals surface area contributed by atoms with Crippen LogP contribution in [0.5, 0.6) is 17.2 Å². The van der Waals surface area contributed by atoms with Crippen LogP contribution in [0.3, 0.4) is 0 Å². The maximum Gasteiger partial charge on any atom is 0.416 e. The second-order valence-corrected chi connectivity index (χ2v) is 8.50. The first kappa shape index (κ1) is 27.8. The third kappa shape index (κ3) is 7.65. The van der Waals surface area contributed by atoms with Crippen molar-refractivity contribution in [3.8, 4) is 40.5 Å². The van der Waals surface area contributed by atoms with E-state index in [0.717, 1.165) is 11.1 Å². The van der Waals surface area contributed by atoms with Gasteiger partial charge in [-0.2, -0.15) is 0 Å². The lowest BCUT2D eigenvalue weighted by molar-refractivity contribution is -0.141. The van der Waals surface area contributed by atoms with E-state index in [1.807, 2.05) is 37.3 Å². The molecule has 0 radical (unpaired) electrons. The van der Waals surface area contributed by atoms with E-state index >= 15 is 0 Å². The van der Waals surface area contributed by atoms with Gasteiger partial charge >= 0.3 is 12.1 Å². The lowest BCUT2D eigenvalue weighted by Crippen LogP contribution is -2.37. The van der Waals surface area contributed by atoms with Gasteiger partial charge in [0.2, 0.25) is 5.89 Å². The minimum Gasteiger partial charge on any atom is -0.497 e. The normalized spacial score (nSPS) is 10.2. The van der Waals surface area contributed by atoms with Crippen LogP contribution >= 0.6 is 0 Å². The van der Waals surface area contributed by atoms with Crippen molar-refractivity contribution in [3.05, 3.63) is 95.9 Å². The fraction of sp³-hybridized carbons (Fsp3) is 0.194. The number of esters is 1. The molecule has 1 amide bonds. The first-order chi connectivity index (χ1) is 19.4. The summed E-state index contributed by atoms with van der Waals surface area (Å²) in [6.45, 7) is 1.82. The molecule has 0 bridgehead atoms. The quantitative estimate of drug-likeness (QED) is 0.209. The number of carbonyl (C=O) groups is 2. The summed E-state index contributed by atoms with van der Waals surface area (Å²) in [4.78, 5) is 30.4. The van der Waals surface area contributed by atoms with Gasteiger partial charge in [0.05, 0.1) is 14.2 Å². The molecule has 9 heteroatoms. The highest BCUT2D eigenvalue weighted by atomic mass is 16.6. The minimum atomic E-state index is -0.690. The maximum absolute atomic E-state index is 12.8. The van der Waals surface area contributed by atoms with Gasteiger partial charge in [-0.3, -0.25) is 9.69 Å². The second kappa shape index (κ2) is 13.5. The zero-order chi connectivity index (χ0) is 28.3. The molecule has 0 N–H and O–H groups in total. The number of amides is 1. The molecular weight excluding hydrogens is 512 g/mol. The first-order valence-corrected chi connectivity index (χ1v) is 12.4. The Balaban J connectivity index is 1.34. The molecule has 0 aliphatic carbocycles. The number of ether oxygens (including phenoxy) is 4. The lowest BCUT2D eigenvalue weighted by Gasteiger charge is -2.21. The van der Waals surface area contributed by atoms with Gasteiger partial charge in [-0.05, 0) is 66.9 Å². The van der Waals surface area contributed by atoms with Gasteiger partial charge < -0.3 is 23.4 Å². The highest BCUT2D eigenvalue weighted by molar-refractivity contribution is 5.79. The predicted octanol–water partition coefficient (Wildman–Crippen LogP) is 5.26. The van der Waals surface area contributed by atoms with Crippen molar-refractivity contribution < 1.29 is 33.0 Å². The highest BCUT2D eigenvalue weighted by Crippen LogP contribution is 2.21. The summed E-state index contributed by atoms with van der Waals surface area (Å²) in [6.07, 6.45) is -0.690. The molecule has 1 heterocycles. The number of nitrogens with zero attached hydrogens (tertiary/aromatic N) is 2. The molecule has 4 aromatic rings. The van der Waals surface area contributed by atoms with E-state index in [0.29, 0.717) is 34.6 Å². The van der Waals surface area contributed by atoms with Crippen LogP contribution in [-0.4, -0.2) is 49.3 Å². The molecule has 0 unspecified atom stereocenters. The monoisotopic (exact) mass is 540 g/mol. The van der Waals surface area contributed by atoms with E-state index in [1.54, 1.807) is 55.6 Å². The highest BCUT2D eigenvalue weighted by Gasteiger charge is 2.20. The van der Waals surface area contributed by atoms with E-state index in [-0.39, 0.29) is 19.7 Å². The van der Waals surface area contributed by atoms with Crippen molar-refractivity contribution in [1.29, 1.82) is 0 Å². The van der Waals surface area contributed by atoms with E-state index in [1.165, 1.54) is 12.0 Å². The molecule has 1 aromatic heterocycles. The number of methoxy groups -OCH3 is 2. The number of hydrogen-bond donors (Lipinski definition) is 0. The summed E-state index contributed by atoms with van der Waals surface area (Å²) < 4.78 is 26.7. The summed E-state index contributed by atoms with van der Waals surface area (Å²) in [5.41, 5.74) is 2.21. The fourth-order valence-corrected chi connectivity index (χ4v) is 3.58. The first-order valence-electron chi connectivity index (χ1n) is 12.4. The number of oxazole rings is 1. The minimum absolute atomic E-state index is 0.124. The largest absolute Gasteiger partial charge is 0.497 e. The molecule has 0 aliphatic rings. The van der Waals surface area contributed by atoms with E-state index in [2.05, 4.69) is 16.8 Å². The Kier molecular flexibility index (Phi) is 9.40. The van der Waals surface area contributed by atoms with Crippen LogP contribution in [0.2, 0.25) is 0 Å². The fourth-order valence-electron chi connectivity index (χ4n) is 3.58. The third-order valence-corrected chi connectivity index (χ3v) is 5.70. The van der Waals surface area contributed by atoms with Crippen LogP contribution in [0.1, 0.15) is 17.0 Å². The molecule has 0 fully saturated rings. The Bertz CT molecular complexity index is 1480. The summed E-state index contributed by atoms with van der Waals surface area (Å²) >= 11 is 0. The molecule has 9 nitrogen and oxygen atoms in total. The Morgan fingerprint density at radius 1 is 0.900 bits per heavy atom. The molecule has 0 saturated carbocycles. The Labute approximate surface area is 232 Å². The molecule has 40 heavy (non-hydrogen) atoms. The molecule has 4 rings (SSSR count). The molecular formula is C31H28N2O7. The number of aromatic nitrogens is 1. The van der Waals surface area contributed by atoms with Crippen LogP contribution in [0.4, 0.5) is 4.79 Å². The van der Waals surface area contributed by atoms with Gasteiger partial charge in [0.25, 0.3) is 0 Å². The van der Waals surface area contributed by atoms with Crippen LogP contribution in [0.15, 0.2) is 83.3 Å². The van der Waals surface area contributed by atoms with E-state index in [9.17, 15) is 9.59 Å². The zero-order valence-electron chi connectivity index (χ0n) is 22.4. The SMILES string of the molecule is COC(=O)CN(Cc1ccc(OCC#Cc2nc(-c3ccccc3)oc2C)cc1)C(=O)Oc1ccc(OC)cc1. The van der Waals surface area contributed by atoms with Gasteiger partial charge in [-0.1, -0.05) is 36.3 Å². The maximum atomic E-state index is 12.8. The van der Waals surface area contributed by atoms with Crippen LogP contribution in [0.25, 0.3) is 11.5 Å². The van der Waals surface area contributed by atoms with Crippen LogP contribution in [0, 0.1) is 18.8 Å². The summed E-state index contributed by atoms with van der Waals surface area (Å²) in [7, 11) is 2.81. The third-order valence-electron chi connectivity index (χ3n) is 5.70. The summed E-state index contributed by atoms with van der Waals surface area (Å²) in [5.74, 6) is 8.08. The smallest absolute Gasteiger partial charge is 0.416 e. The van der Waals surface area contributed by atoms with E-state index < -0.39 is 12.1 Å². The van der Waals surface area contributed by atoms with Crippen LogP contribution in [-0.2, 0) is 16.1 Å². The average Bonchev–Trinajstić information content (AvgIpc) is 3.36. The van der Waals surface area contributed by atoms with E-state index in [4.69, 9.17) is 23.4 Å². The van der Waals surface area contributed by atoms with Crippen molar-refractivity contribution in [3.63, 3.8) is 0 Å². The van der Waals surface area contributed by atoms with Gasteiger partial charge in [0, 0.05) is 12.1 Å². The lowest BCUT2D eigenvalue weighted by atomic mass is 10.2. The number of rotatable bonds is 9. The molecule has 204 valence electrons. The number of carbonyl (C=O) groups excluding carboxylic acids is 2. The van der Waals surface area contributed by atoms with Crippen molar-refractivity contribution in [2.45, 2.75) is 13.5 Å². The average molecular weight is 541 g/mol. The van der Waals surface area contributed by atoms with Crippen molar-refractivity contribution in [2.75, 3.05) is 27.4 Å². The van der Waals surface area contributed by atoms with Crippen molar-refractivity contribution in [2.24, 2.45) is 0 Å². The molecule has 0 aliphatic heterocycles. The Hall–Kier alpha value is -5.23. The Morgan fingerprint density at radius 3 is 2.25 bits per heavy atom. The second-order valence-electron chi connectivity index (χ2n) is 8.50. The van der Waals surface area contributed by atoms with Crippen molar-refractivity contribution >= 4 is 12.1 Å². The molecule has 0 atom stereocenters. The van der Waals surface area contributed by atoms with Gasteiger partial charge in [-0.15, -0.1) is 0 Å². The number of benzene rings is 3. The van der Waals surface area contributed by atoms with Crippen molar-refractivity contribution in [1.82, 2.24) is 9.88 Å². The predicted molar refractivity (Wildman–Crippen MR) is 147 cm³/mol. The standard InChI is InChI=1S/C31H28N2O7/c1-22-28(32-30(39-22)24-8-5-4-6-9-24)10-7-19-38-26-13-11-23(12-14-26)20-33(21-29(34)37-3)31(35)40-27-17-15-25(36-2)16-18-27/h4-6,8-9,11-18H,19-21H2,1-3H3. The van der Waals surface area contributed by atoms with Gasteiger partial charge in [-0.25, -0.2) is 9.78 Å². The van der Waals surface area contributed by atoms with Crippen LogP contribution < -0.4 is 14.2 Å².